The Kier molecular flexibility index (Phi) is 3.82. The molecule has 100 valence electrons. The molecule has 0 aliphatic rings. The van der Waals surface area contributed by atoms with Crippen LogP contribution in [0, 0.1) is 11.3 Å². The molecular weight excluding hydrogens is 258 g/mol. The van der Waals surface area contributed by atoms with Gasteiger partial charge in [0.1, 0.15) is 24.1 Å². The van der Waals surface area contributed by atoms with Crippen molar-refractivity contribution in [2.24, 2.45) is 0 Å². The molecule has 20 heavy (non-hydrogen) atoms. The largest absolute Gasteiger partial charge is 0.487 e. The lowest BCUT2D eigenvalue weighted by Crippen LogP contribution is -2.02. The van der Waals surface area contributed by atoms with Crippen LogP contribution in [0.3, 0.4) is 0 Å². The number of nitriles is 1. The molecule has 0 amide bonds. The van der Waals surface area contributed by atoms with Gasteiger partial charge in [0.15, 0.2) is 0 Å². The lowest BCUT2D eigenvalue weighted by atomic mass is 10.2. The summed E-state index contributed by atoms with van der Waals surface area (Å²) in [6.07, 6.45) is 1.51. The van der Waals surface area contributed by atoms with Crippen molar-refractivity contribution < 1.29 is 14.6 Å². The summed E-state index contributed by atoms with van der Waals surface area (Å²) >= 11 is 0. The maximum atomic E-state index is 10.9. The summed E-state index contributed by atoms with van der Waals surface area (Å²) in [6, 6.07) is 9.48. The minimum Gasteiger partial charge on any atom is -0.487 e. The van der Waals surface area contributed by atoms with Crippen molar-refractivity contribution in [1.82, 2.24) is 4.98 Å². The van der Waals surface area contributed by atoms with Gasteiger partial charge in [0.2, 0.25) is 0 Å². The molecule has 0 fully saturated rings. The third kappa shape index (κ3) is 3.03. The van der Waals surface area contributed by atoms with Gasteiger partial charge in [-0.2, -0.15) is 5.26 Å². The Hall–Kier alpha value is -3.07. The van der Waals surface area contributed by atoms with Crippen LogP contribution in [-0.4, -0.2) is 16.1 Å². The fraction of sp³-hybridized carbons (Fsp3) is 0.0714. The third-order valence-electron chi connectivity index (χ3n) is 2.59. The molecule has 0 unspecified atom stereocenters. The van der Waals surface area contributed by atoms with E-state index in [2.05, 4.69) is 4.98 Å². The van der Waals surface area contributed by atoms with Crippen LogP contribution in [-0.2, 0) is 6.61 Å². The number of benzene rings is 1. The molecule has 6 heteroatoms. The first-order chi connectivity index (χ1) is 9.60. The molecule has 0 aliphatic heterocycles. The van der Waals surface area contributed by atoms with Crippen LogP contribution >= 0.6 is 0 Å². The quantitative estimate of drug-likeness (QED) is 0.819. The zero-order chi connectivity index (χ0) is 14.5. The highest BCUT2D eigenvalue weighted by Crippen LogP contribution is 2.23. The van der Waals surface area contributed by atoms with Crippen molar-refractivity contribution in [3.05, 3.63) is 53.3 Å². The first-order valence-electron chi connectivity index (χ1n) is 5.71. The molecule has 0 saturated heterocycles. The highest BCUT2D eigenvalue weighted by Gasteiger charge is 2.08. The Morgan fingerprint density at radius 2 is 2.20 bits per heavy atom. The normalized spacial score (nSPS) is 9.75. The number of carboxylic acids is 1. The lowest BCUT2D eigenvalue weighted by Gasteiger charge is -2.09. The van der Waals surface area contributed by atoms with Crippen molar-refractivity contribution in [2.75, 3.05) is 5.73 Å². The molecule has 2 rings (SSSR count). The highest BCUT2D eigenvalue weighted by molar-refractivity contribution is 5.89. The van der Waals surface area contributed by atoms with Crippen molar-refractivity contribution in [3.8, 4) is 11.8 Å². The van der Waals surface area contributed by atoms with Crippen LogP contribution in [0.2, 0.25) is 0 Å². The summed E-state index contributed by atoms with van der Waals surface area (Å²) < 4.78 is 5.49. The summed E-state index contributed by atoms with van der Waals surface area (Å²) in [5.41, 5.74) is 7.21. The number of nitrogen functional groups attached to an aromatic ring is 1. The Bertz CT molecular complexity index is 692. The average molecular weight is 269 g/mol. The Labute approximate surface area is 115 Å². The fourth-order valence-corrected chi connectivity index (χ4v) is 1.58. The molecule has 0 atom stereocenters. The summed E-state index contributed by atoms with van der Waals surface area (Å²) in [7, 11) is 0. The predicted octanol–water partition coefficient (Wildman–Crippen LogP) is 1.81. The number of hydrogen-bond donors (Lipinski definition) is 2. The Morgan fingerprint density at radius 1 is 1.40 bits per heavy atom. The summed E-state index contributed by atoms with van der Waals surface area (Å²) in [6.45, 7) is 0.171. The zero-order valence-electron chi connectivity index (χ0n) is 10.4. The van der Waals surface area contributed by atoms with Gasteiger partial charge in [-0.05, 0) is 35.9 Å². The van der Waals surface area contributed by atoms with Gasteiger partial charge in [0.25, 0.3) is 0 Å². The molecule has 0 radical (unpaired) electrons. The smallest absolute Gasteiger partial charge is 0.335 e. The fourth-order valence-electron chi connectivity index (χ4n) is 1.58. The highest BCUT2D eigenvalue weighted by atomic mass is 16.5. The van der Waals surface area contributed by atoms with Crippen LogP contribution in [0.15, 0.2) is 36.5 Å². The van der Waals surface area contributed by atoms with E-state index in [0.717, 1.165) is 5.56 Å². The molecule has 0 aliphatic carbocycles. The standard InChI is InChI=1S/C14H11N3O3/c15-7-11-5-9(3-4-17-11)8-20-13-6-10(14(18)19)1-2-12(13)16/h1-6H,8,16H2,(H,18,19). The van der Waals surface area contributed by atoms with E-state index in [1.807, 2.05) is 6.07 Å². The molecular formula is C14H11N3O3. The van der Waals surface area contributed by atoms with Crippen LogP contribution in [0.4, 0.5) is 5.69 Å². The molecule has 1 aromatic heterocycles. The molecule has 3 N–H and O–H groups in total. The van der Waals surface area contributed by atoms with Crippen molar-refractivity contribution >= 4 is 11.7 Å². The number of rotatable bonds is 4. The minimum atomic E-state index is -1.05. The van der Waals surface area contributed by atoms with Gasteiger partial charge < -0.3 is 15.6 Å². The topological polar surface area (TPSA) is 109 Å². The maximum Gasteiger partial charge on any atom is 0.335 e. The Morgan fingerprint density at radius 3 is 2.90 bits per heavy atom. The molecule has 6 nitrogen and oxygen atoms in total. The van der Waals surface area contributed by atoms with Crippen LogP contribution in [0.5, 0.6) is 5.75 Å². The van der Waals surface area contributed by atoms with Gasteiger partial charge in [-0.1, -0.05) is 0 Å². The molecule has 0 spiro atoms. The number of anilines is 1. The monoisotopic (exact) mass is 269 g/mol. The number of aromatic carboxylic acids is 1. The van der Waals surface area contributed by atoms with Crippen LogP contribution in [0.1, 0.15) is 21.6 Å². The van der Waals surface area contributed by atoms with E-state index in [-0.39, 0.29) is 12.2 Å². The maximum absolute atomic E-state index is 10.9. The van der Waals surface area contributed by atoms with Crippen molar-refractivity contribution in [3.63, 3.8) is 0 Å². The first kappa shape index (κ1) is 13.4. The van der Waals surface area contributed by atoms with E-state index in [0.29, 0.717) is 17.1 Å². The number of pyridine rings is 1. The second-order valence-electron chi connectivity index (χ2n) is 4.01. The number of carbonyl (C=O) groups is 1. The van der Waals surface area contributed by atoms with Gasteiger partial charge in [0, 0.05) is 6.20 Å². The van der Waals surface area contributed by atoms with Gasteiger partial charge in [0.05, 0.1) is 11.3 Å². The predicted molar refractivity (Wildman–Crippen MR) is 71.1 cm³/mol. The van der Waals surface area contributed by atoms with Gasteiger partial charge in [-0.3, -0.25) is 0 Å². The van der Waals surface area contributed by atoms with Gasteiger partial charge in [-0.25, -0.2) is 9.78 Å². The number of aromatic nitrogens is 1. The van der Waals surface area contributed by atoms with E-state index < -0.39 is 5.97 Å². The second-order valence-corrected chi connectivity index (χ2v) is 4.01. The molecule has 1 heterocycles. The van der Waals surface area contributed by atoms with Crippen LogP contribution < -0.4 is 10.5 Å². The number of nitrogens with zero attached hydrogens (tertiary/aromatic N) is 2. The van der Waals surface area contributed by atoms with Gasteiger partial charge >= 0.3 is 5.97 Å². The van der Waals surface area contributed by atoms with E-state index in [4.69, 9.17) is 20.8 Å². The summed E-state index contributed by atoms with van der Waals surface area (Å²) in [4.78, 5) is 14.7. The number of carboxylic acid groups (broad SMARTS) is 1. The van der Waals surface area contributed by atoms with E-state index in [1.165, 1.54) is 24.4 Å². The number of hydrogen-bond acceptors (Lipinski definition) is 5. The lowest BCUT2D eigenvalue weighted by molar-refractivity contribution is 0.0696. The number of ether oxygens (including phenoxy) is 1. The second kappa shape index (κ2) is 5.71. The minimum absolute atomic E-state index is 0.0987. The summed E-state index contributed by atoms with van der Waals surface area (Å²) in [5, 5.41) is 17.7. The molecule has 0 bridgehead atoms. The third-order valence-corrected chi connectivity index (χ3v) is 2.59. The van der Waals surface area contributed by atoms with Crippen molar-refractivity contribution in [1.29, 1.82) is 5.26 Å². The first-order valence-corrected chi connectivity index (χ1v) is 5.71. The zero-order valence-corrected chi connectivity index (χ0v) is 10.4. The molecule has 1 aromatic carbocycles. The van der Waals surface area contributed by atoms with E-state index in [1.54, 1.807) is 12.1 Å². The molecule has 2 aromatic rings. The van der Waals surface area contributed by atoms with Crippen molar-refractivity contribution in [2.45, 2.75) is 6.61 Å². The Balaban J connectivity index is 2.16. The molecule has 0 saturated carbocycles. The van der Waals surface area contributed by atoms with E-state index >= 15 is 0 Å². The average Bonchev–Trinajstić information content (AvgIpc) is 2.46. The van der Waals surface area contributed by atoms with E-state index in [9.17, 15) is 4.79 Å². The van der Waals surface area contributed by atoms with Crippen LogP contribution in [0.25, 0.3) is 0 Å². The SMILES string of the molecule is N#Cc1cc(COc2cc(C(=O)O)ccc2N)ccn1. The number of nitrogens with two attached hydrogens (primary N) is 1. The van der Waals surface area contributed by atoms with Gasteiger partial charge in [-0.15, -0.1) is 0 Å². The summed E-state index contributed by atoms with van der Waals surface area (Å²) in [5.74, 6) is -0.759.